The third-order valence-corrected chi connectivity index (χ3v) is 1.89. The highest BCUT2D eigenvalue weighted by Gasteiger charge is 2.13. The molecule has 1 nitrogen and oxygen atoms in total. The van der Waals surface area contributed by atoms with E-state index in [1.807, 2.05) is 26.0 Å². The lowest BCUT2D eigenvalue weighted by molar-refractivity contribution is 0.968. The second kappa shape index (κ2) is 2.59. The minimum absolute atomic E-state index is 0.178. The number of rotatable bonds is 0. The molecule has 1 aliphatic carbocycles. The third-order valence-electron chi connectivity index (χ3n) is 1.58. The fourth-order valence-corrected chi connectivity index (χ4v) is 1.37. The lowest BCUT2D eigenvalue weighted by Gasteiger charge is -2.13. The van der Waals surface area contributed by atoms with Crippen LogP contribution in [0.2, 0.25) is 0 Å². The molecule has 0 amide bonds. The molecule has 1 rings (SSSR count). The van der Waals surface area contributed by atoms with Crippen molar-refractivity contribution in [2.24, 2.45) is 5.92 Å². The SMILES string of the molecule is CC1=CC(C)C(=N)C(Cl)=C1. The minimum Gasteiger partial charge on any atom is -0.303 e. The summed E-state index contributed by atoms with van der Waals surface area (Å²) in [5.74, 6) is 0.178. The summed E-state index contributed by atoms with van der Waals surface area (Å²) in [4.78, 5) is 0. The van der Waals surface area contributed by atoms with Crippen LogP contribution < -0.4 is 0 Å². The molecular formula is C8H10ClN. The van der Waals surface area contributed by atoms with Crippen molar-refractivity contribution in [1.29, 1.82) is 5.41 Å². The largest absolute Gasteiger partial charge is 0.303 e. The maximum absolute atomic E-state index is 7.45. The van der Waals surface area contributed by atoms with Gasteiger partial charge in [-0.15, -0.1) is 0 Å². The summed E-state index contributed by atoms with van der Waals surface area (Å²) in [6.07, 6.45) is 3.86. The Bertz CT molecular complexity index is 225. The number of hydrogen-bond donors (Lipinski definition) is 1. The van der Waals surface area contributed by atoms with Gasteiger partial charge in [0, 0.05) is 5.92 Å². The molecule has 1 aliphatic rings. The zero-order valence-corrected chi connectivity index (χ0v) is 6.87. The second-order valence-electron chi connectivity index (χ2n) is 2.61. The van der Waals surface area contributed by atoms with E-state index in [1.54, 1.807) is 0 Å². The molecule has 2 heteroatoms. The number of hydrogen-bond acceptors (Lipinski definition) is 1. The van der Waals surface area contributed by atoms with Crippen molar-refractivity contribution in [3.05, 3.63) is 22.8 Å². The van der Waals surface area contributed by atoms with Crippen LogP contribution in [0.4, 0.5) is 0 Å². The van der Waals surface area contributed by atoms with Crippen molar-refractivity contribution >= 4 is 17.3 Å². The van der Waals surface area contributed by atoms with Crippen LogP contribution in [-0.2, 0) is 0 Å². The first-order valence-corrected chi connectivity index (χ1v) is 3.63. The van der Waals surface area contributed by atoms with E-state index in [0.29, 0.717) is 10.7 Å². The molecule has 0 fully saturated rings. The molecule has 1 N–H and O–H groups in total. The molecule has 1 unspecified atom stereocenters. The summed E-state index contributed by atoms with van der Waals surface area (Å²) < 4.78 is 0. The predicted octanol–water partition coefficient (Wildman–Crippen LogP) is 2.72. The summed E-state index contributed by atoms with van der Waals surface area (Å²) >= 11 is 5.75. The molecular weight excluding hydrogens is 146 g/mol. The van der Waals surface area contributed by atoms with E-state index in [0.717, 1.165) is 5.57 Å². The number of nitrogens with one attached hydrogen (secondary N) is 1. The van der Waals surface area contributed by atoms with Crippen molar-refractivity contribution in [2.45, 2.75) is 13.8 Å². The van der Waals surface area contributed by atoms with Gasteiger partial charge >= 0.3 is 0 Å². The van der Waals surface area contributed by atoms with E-state index in [9.17, 15) is 0 Å². The molecule has 10 heavy (non-hydrogen) atoms. The highest BCUT2D eigenvalue weighted by molar-refractivity contribution is 6.43. The summed E-state index contributed by atoms with van der Waals surface area (Å²) in [6, 6.07) is 0. The van der Waals surface area contributed by atoms with Crippen molar-refractivity contribution in [1.82, 2.24) is 0 Å². The monoisotopic (exact) mass is 155 g/mol. The van der Waals surface area contributed by atoms with Gasteiger partial charge in [-0.1, -0.05) is 30.2 Å². The Morgan fingerprint density at radius 3 is 2.70 bits per heavy atom. The lowest BCUT2D eigenvalue weighted by Crippen LogP contribution is -2.11. The molecule has 0 aromatic rings. The van der Waals surface area contributed by atoms with Gasteiger partial charge in [0.15, 0.2) is 0 Å². The average molecular weight is 156 g/mol. The maximum atomic E-state index is 7.45. The Balaban J connectivity index is 2.95. The molecule has 0 saturated carbocycles. The van der Waals surface area contributed by atoms with Crippen LogP contribution in [0.15, 0.2) is 22.8 Å². The normalized spacial score (nSPS) is 25.9. The van der Waals surface area contributed by atoms with Crippen molar-refractivity contribution in [2.75, 3.05) is 0 Å². The topological polar surface area (TPSA) is 23.9 Å². The maximum Gasteiger partial charge on any atom is 0.0622 e. The molecule has 54 valence electrons. The van der Waals surface area contributed by atoms with Gasteiger partial charge in [-0.05, 0) is 13.0 Å². The summed E-state index contributed by atoms with van der Waals surface area (Å²) in [7, 11) is 0. The molecule has 0 spiro atoms. The molecule has 0 radical (unpaired) electrons. The minimum atomic E-state index is 0.178. The van der Waals surface area contributed by atoms with Crippen LogP contribution in [0.1, 0.15) is 13.8 Å². The molecule has 1 atom stereocenters. The van der Waals surface area contributed by atoms with Gasteiger partial charge in [0.25, 0.3) is 0 Å². The van der Waals surface area contributed by atoms with E-state index in [1.165, 1.54) is 0 Å². The highest BCUT2D eigenvalue weighted by atomic mass is 35.5. The molecule has 0 aromatic carbocycles. The molecule has 0 aromatic heterocycles. The summed E-state index contributed by atoms with van der Waals surface area (Å²) in [6.45, 7) is 3.96. The highest BCUT2D eigenvalue weighted by Crippen LogP contribution is 2.21. The Hall–Kier alpha value is -0.560. The standard InChI is InChI=1S/C8H10ClN/c1-5-3-6(2)8(10)7(9)4-5/h3-4,6,10H,1-2H3. The van der Waals surface area contributed by atoms with Crippen molar-refractivity contribution in [3.8, 4) is 0 Å². The van der Waals surface area contributed by atoms with Crippen LogP contribution >= 0.6 is 11.6 Å². The Morgan fingerprint density at radius 1 is 1.60 bits per heavy atom. The predicted molar refractivity (Wildman–Crippen MR) is 44.6 cm³/mol. The Labute approximate surface area is 65.9 Å². The van der Waals surface area contributed by atoms with E-state index >= 15 is 0 Å². The van der Waals surface area contributed by atoms with Gasteiger partial charge in [0.1, 0.15) is 0 Å². The van der Waals surface area contributed by atoms with Crippen LogP contribution in [0.3, 0.4) is 0 Å². The van der Waals surface area contributed by atoms with Crippen LogP contribution in [0.5, 0.6) is 0 Å². The average Bonchev–Trinajstić information content (AvgIpc) is 1.82. The molecule has 0 bridgehead atoms. The first-order valence-electron chi connectivity index (χ1n) is 3.25. The van der Waals surface area contributed by atoms with Crippen molar-refractivity contribution in [3.63, 3.8) is 0 Å². The summed E-state index contributed by atoms with van der Waals surface area (Å²) in [5.41, 5.74) is 1.67. The fraction of sp³-hybridized carbons (Fsp3) is 0.375. The second-order valence-corrected chi connectivity index (χ2v) is 3.01. The van der Waals surface area contributed by atoms with Gasteiger partial charge < -0.3 is 5.41 Å². The fourth-order valence-electron chi connectivity index (χ4n) is 1.02. The number of halogens is 1. The molecule has 0 saturated heterocycles. The van der Waals surface area contributed by atoms with E-state index in [4.69, 9.17) is 17.0 Å². The van der Waals surface area contributed by atoms with Crippen LogP contribution in [0, 0.1) is 11.3 Å². The molecule has 0 aliphatic heterocycles. The zero-order valence-electron chi connectivity index (χ0n) is 6.11. The van der Waals surface area contributed by atoms with Crippen LogP contribution in [0.25, 0.3) is 0 Å². The van der Waals surface area contributed by atoms with Gasteiger partial charge in [-0.3, -0.25) is 0 Å². The van der Waals surface area contributed by atoms with Crippen LogP contribution in [-0.4, -0.2) is 5.71 Å². The van der Waals surface area contributed by atoms with Gasteiger partial charge in [0.2, 0.25) is 0 Å². The van der Waals surface area contributed by atoms with E-state index in [-0.39, 0.29) is 5.92 Å². The zero-order chi connectivity index (χ0) is 7.72. The first-order chi connectivity index (χ1) is 4.61. The first kappa shape index (κ1) is 7.55. The Kier molecular flexibility index (Phi) is 1.95. The van der Waals surface area contributed by atoms with Gasteiger partial charge in [-0.25, -0.2) is 0 Å². The Morgan fingerprint density at radius 2 is 2.20 bits per heavy atom. The van der Waals surface area contributed by atoms with Crippen molar-refractivity contribution < 1.29 is 0 Å². The smallest absolute Gasteiger partial charge is 0.0622 e. The lowest BCUT2D eigenvalue weighted by atomic mass is 9.97. The van der Waals surface area contributed by atoms with E-state index < -0.39 is 0 Å². The summed E-state index contributed by atoms with van der Waals surface area (Å²) in [5, 5.41) is 8.02. The number of allylic oxidation sites excluding steroid dienone is 4. The quantitative estimate of drug-likeness (QED) is 0.556. The van der Waals surface area contributed by atoms with Gasteiger partial charge in [0.05, 0.1) is 10.7 Å². The van der Waals surface area contributed by atoms with Gasteiger partial charge in [-0.2, -0.15) is 0 Å². The third kappa shape index (κ3) is 1.29. The van der Waals surface area contributed by atoms with E-state index in [2.05, 4.69) is 0 Å². The molecule has 0 heterocycles.